The molecule has 25 heavy (non-hydrogen) atoms. The van der Waals surface area contributed by atoms with E-state index in [1.165, 1.54) is 24.3 Å². The number of nitro groups is 1. The first-order valence-corrected chi connectivity index (χ1v) is 8.03. The van der Waals surface area contributed by atoms with E-state index in [0.717, 1.165) is 18.5 Å². The number of carbonyl (C=O) groups excluding carboxylic acids is 1. The Kier molecular flexibility index (Phi) is 4.87. The van der Waals surface area contributed by atoms with E-state index in [-0.39, 0.29) is 17.7 Å². The Morgan fingerprint density at radius 2 is 2.00 bits per heavy atom. The molecule has 1 aromatic carbocycles. The lowest BCUT2D eigenvalue weighted by molar-refractivity contribution is -0.384. The van der Waals surface area contributed by atoms with Crippen LogP contribution in [0.1, 0.15) is 28.9 Å². The topological polar surface area (TPSA) is 98.5 Å². The summed E-state index contributed by atoms with van der Waals surface area (Å²) < 4.78 is 5.82. The number of carbonyl (C=O) groups is 1. The zero-order valence-corrected chi connectivity index (χ0v) is 13.8. The van der Waals surface area contributed by atoms with Gasteiger partial charge in [-0.05, 0) is 38.0 Å². The van der Waals surface area contributed by atoms with Gasteiger partial charge in [0.1, 0.15) is 6.10 Å². The number of aryl methyl sites for hydroxylation is 1. The Balaban J connectivity index is 1.64. The van der Waals surface area contributed by atoms with Gasteiger partial charge in [-0.2, -0.15) is 5.10 Å². The Morgan fingerprint density at radius 3 is 2.64 bits per heavy atom. The molecule has 3 rings (SSSR count). The molecule has 1 aromatic heterocycles. The third kappa shape index (κ3) is 4.09. The van der Waals surface area contributed by atoms with Gasteiger partial charge < -0.3 is 9.64 Å². The number of amides is 1. The van der Waals surface area contributed by atoms with Crippen LogP contribution in [0, 0.1) is 17.0 Å². The number of non-ortho nitro benzene ring substituents is 1. The van der Waals surface area contributed by atoms with Gasteiger partial charge >= 0.3 is 0 Å². The molecule has 0 saturated carbocycles. The van der Waals surface area contributed by atoms with E-state index in [1.807, 2.05) is 13.0 Å². The molecule has 130 valence electrons. The molecule has 1 amide bonds. The Morgan fingerprint density at radius 1 is 1.24 bits per heavy atom. The smallest absolute Gasteiger partial charge is 0.269 e. The molecule has 1 aliphatic heterocycles. The normalized spacial score (nSPS) is 17.2. The fourth-order valence-corrected chi connectivity index (χ4v) is 2.75. The lowest BCUT2D eigenvalue weighted by atomic mass is 10.1. The Labute approximate surface area is 144 Å². The van der Waals surface area contributed by atoms with E-state index >= 15 is 0 Å². The van der Waals surface area contributed by atoms with Crippen LogP contribution in [0.5, 0.6) is 5.88 Å². The fraction of sp³-hybridized carbons (Fsp3) is 0.353. The minimum Gasteiger partial charge on any atom is -0.471 e. The van der Waals surface area contributed by atoms with Crippen LogP contribution in [0.15, 0.2) is 36.4 Å². The standard InChI is InChI=1S/C17H18N4O4/c1-12-4-9-16(19-18-12)25-15-3-2-10-20(11-15)17(22)13-5-7-14(8-6-13)21(23)24/h4-9,15H,2-3,10-11H2,1H3. The van der Waals surface area contributed by atoms with Crippen LogP contribution >= 0.6 is 0 Å². The highest BCUT2D eigenvalue weighted by Crippen LogP contribution is 2.19. The number of nitro benzene ring substituents is 1. The van der Waals surface area contributed by atoms with Crippen molar-refractivity contribution in [2.24, 2.45) is 0 Å². The van der Waals surface area contributed by atoms with Gasteiger partial charge in [0.25, 0.3) is 11.6 Å². The number of rotatable bonds is 4. The Bertz CT molecular complexity index is 761. The number of hydrogen-bond acceptors (Lipinski definition) is 6. The number of likely N-dealkylation sites (tertiary alicyclic amines) is 1. The molecule has 1 unspecified atom stereocenters. The minimum absolute atomic E-state index is 0.0330. The quantitative estimate of drug-likeness (QED) is 0.625. The number of nitrogens with zero attached hydrogens (tertiary/aromatic N) is 4. The SMILES string of the molecule is Cc1ccc(OC2CCCN(C(=O)c3ccc([N+](=O)[O-])cc3)C2)nn1. The zero-order chi connectivity index (χ0) is 17.8. The third-order valence-corrected chi connectivity index (χ3v) is 4.05. The van der Waals surface area contributed by atoms with Crippen LogP contribution in [0.2, 0.25) is 0 Å². The number of benzene rings is 1. The van der Waals surface area contributed by atoms with Gasteiger partial charge in [0.15, 0.2) is 0 Å². The highest BCUT2D eigenvalue weighted by atomic mass is 16.6. The molecule has 0 bridgehead atoms. The van der Waals surface area contributed by atoms with Gasteiger partial charge in [0.2, 0.25) is 5.88 Å². The molecule has 0 spiro atoms. The van der Waals surface area contributed by atoms with Crippen molar-refractivity contribution in [1.82, 2.24) is 15.1 Å². The fourth-order valence-electron chi connectivity index (χ4n) is 2.75. The Hall–Kier alpha value is -3.03. The molecular weight excluding hydrogens is 324 g/mol. The van der Waals surface area contributed by atoms with E-state index in [2.05, 4.69) is 10.2 Å². The van der Waals surface area contributed by atoms with E-state index < -0.39 is 4.92 Å². The molecule has 0 aliphatic carbocycles. The second-order valence-corrected chi connectivity index (χ2v) is 5.95. The van der Waals surface area contributed by atoms with Gasteiger partial charge in [0.05, 0.1) is 17.2 Å². The second-order valence-electron chi connectivity index (χ2n) is 5.95. The molecule has 1 aliphatic rings. The van der Waals surface area contributed by atoms with Crippen LogP contribution in [0.3, 0.4) is 0 Å². The maximum Gasteiger partial charge on any atom is 0.269 e. The summed E-state index contributed by atoms with van der Waals surface area (Å²) in [5.74, 6) is 0.290. The summed E-state index contributed by atoms with van der Waals surface area (Å²) in [6.45, 7) is 2.93. The van der Waals surface area contributed by atoms with Crippen LogP contribution in [0.4, 0.5) is 5.69 Å². The molecular formula is C17H18N4O4. The largest absolute Gasteiger partial charge is 0.471 e. The van der Waals surface area contributed by atoms with Crippen molar-refractivity contribution in [3.05, 3.63) is 57.8 Å². The average molecular weight is 342 g/mol. The van der Waals surface area contributed by atoms with Crippen molar-refractivity contribution in [3.8, 4) is 5.88 Å². The minimum atomic E-state index is -0.484. The van der Waals surface area contributed by atoms with Gasteiger partial charge in [-0.1, -0.05) is 0 Å². The summed E-state index contributed by atoms with van der Waals surface area (Å²) in [5.41, 5.74) is 1.21. The van der Waals surface area contributed by atoms with Gasteiger partial charge in [0, 0.05) is 30.3 Å². The van der Waals surface area contributed by atoms with Crippen molar-refractivity contribution in [2.45, 2.75) is 25.9 Å². The predicted octanol–water partition coefficient (Wildman–Crippen LogP) is 2.38. The highest BCUT2D eigenvalue weighted by molar-refractivity contribution is 5.94. The van der Waals surface area contributed by atoms with Crippen molar-refractivity contribution in [2.75, 3.05) is 13.1 Å². The van der Waals surface area contributed by atoms with E-state index in [9.17, 15) is 14.9 Å². The van der Waals surface area contributed by atoms with E-state index in [0.29, 0.717) is 24.5 Å². The van der Waals surface area contributed by atoms with Gasteiger partial charge in [-0.25, -0.2) is 0 Å². The number of hydrogen-bond donors (Lipinski definition) is 0. The van der Waals surface area contributed by atoms with Crippen LogP contribution < -0.4 is 4.74 Å². The molecule has 2 aromatic rings. The van der Waals surface area contributed by atoms with Crippen molar-refractivity contribution in [3.63, 3.8) is 0 Å². The van der Waals surface area contributed by atoms with Crippen LogP contribution in [-0.2, 0) is 0 Å². The number of piperidine rings is 1. The van der Waals surface area contributed by atoms with E-state index in [4.69, 9.17) is 4.74 Å². The third-order valence-electron chi connectivity index (χ3n) is 4.05. The summed E-state index contributed by atoms with van der Waals surface area (Å²) in [7, 11) is 0. The molecule has 0 radical (unpaired) electrons. The lowest BCUT2D eigenvalue weighted by Crippen LogP contribution is -2.44. The molecule has 2 heterocycles. The van der Waals surface area contributed by atoms with Gasteiger partial charge in [-0.15, -0.1) is 5.10 Å². The zero-order valence-electron chi connectivity index (χ0n) is 13.8. The van der Waals surface area contributed by atoms with Gasteiger partial charge in [-0.3, -0.25) is 14.9 Å². The van der Waals surface area contributed by atoms with Crippen molar-refractivity contribution >= 4 is 11.6 Å². The highest BCUT2D eigenvalue weighted by Gasteiger charge is 2.26. The average Bonchev–Trinajstić information content (AvgIpc) is 2.63. The summed E-state index contributed by atoms with van der Waals surface area (Å²) >= 11 is 0. The summed E-state index contributed by atoms with van der Waals surface area (Å²) in [6.07, 6.45) is 1.51. The molecule has 8 nitrogen and oxygen atoms in total. The maximum absolute atomic E-state index is 12.6. The first-order valence-electron chi connectivity index (χ1n) is 8.03. The number of ether oxygens (including phenoxy) is 1. The molecule has 1 saturated heterocycles. The van der Waals surface area contributed by atoms with Crippen LogP contribution in [0.25, 0.3) is 0 Å². The lowest BCUT2D eigenvalue weighted by Gasteiger charge is -2.32. The summed E-state index contributed by atoms with van der Waals surface area (Å²) in [4.78, 5) is 24.5. The van der Waals surface area contributed by atoms with Crippen molar-refractivity contribution in [1.29, 1.82) is 0 Å². The maximum atomic E-state index is 12.6. The van der Waals surface area contributed by atoms with Crippen LogP contribution in [-0.4, -0.2) is 45.1 Å². The monoisotopic (exact) mass is 342 g/mol. The van der Waals surface area contributed by atoms with E-state index in [1.54, 1.807) is 11.0 Å². The van der Waals surface area contributed by atoms with Crippen molar-refractivity contribution < 1.29 is 14.5 Å². The second kappa shape index (κ2) is 7.25. The predicted molar refractivity (Wildman–Crippen MR) is 89.4 cm³/mol. The first-order chi connectivity index (χ1) is 12.0. The molecule has 1 atom stereocenters. The summed E-state index contributed by atoms with van der Waals surface area (Å²) in [5, 5.41) is 18.6. The number of aromatic nitrogens is 2. The molecule has 8 heteroatoms. The summed E-state index contributed by atoms with van der Waals surface area (Å²) in [6, 6.07) is 9.23. The molecule has 0 N–H and O–H groups in total. The molecule has 1 fully saturated rings. The first kappa shape index (κ1) is 16.8.